The Morgan fingerprint density at radius 3 is 2.71 bits per heavy atom. The Balaban J connectivity index is 1.83. The number of aliphatic hydroxyl groups is 1. The number of aliphatic hydroxyl groups excluding tert-OH is 1. The molecule has 1 fully saturated rings. The van der Waals surface area contributed by atoms with E-state index in [1.807, 2.05) is 11.8 Å². The van der Waals surface area contributed by atoms with E-state index in [4.69, 9.17) is 4.74 Å². The van der Waals surface area contributed by atoms with Crippen molar-refractivity contribution in [3.63, 3.8) is 0 Å². The zero-order chi connectivity index (χ0) is 12.1. The van der Waals surface area contributed by atoms with Gasteiger partial charge in [0.2, 0.25) is 0 Å². The third-order valence-corrected chi connectivity index (χ3v) is 4.13. The van der Waals surface area contributed by atoms with Crippen LogP contribution in [0.5, 0.6) is 11.5 Å². The van der Waals surface area contributed by atoms with Crippen molar-refractivity contribution in [1.29, 1.82) is 0 Å². The van der Waals surface area contributed by atoms with Gasteiger partial charge in [0.05, 0.1) is 6.10 Å². The second-order valence-electron chi connectivity index (χ2n) is 4.30. The number of para-hydroxylation sites is 2. The zero-order valence-electron chi connectivity index (χ0n) is 9.71. The summed E-state index contributed by atoms with van der Waals surface area (Å²) in [5.74, 6) is 3.15. The molecule has 1 heterocycles. The molecular weight excluding hydrogens is 236 g/mol. The fourth-order valence-corrected chi connectivity index (χ4v) is 3.13. The predicted octanol–water partition coefficient (Wildman–Crippen LogP) is 2.28. The van der Waals surface area contributed by atoms with Crippen molar-refractivity contribution in [2.24, 2.45) is 5.92 Å². The average molecular weight is 254 g/mol. The number of rotatable bonds is 4. The molecule has 1 unspecified atom stereocenters. The molecule has 17 heavy (non-hydrogen) atoms. The highest BCUT2D eigenvalue weighted by Crippen LogP contribution is 2.28. The van der Waals surface area contributed by atoms with E-state index in [1.54, 1.807) is 24.3 Å². The molecule has 0 saturated carbocycles. The highest BCUT2D eigenvalue weighted by Gasteiger charge is 2.22. The normalized spacial score (nSPS) is 18.9. The fraction of sp³-hybridized carbons (Fsp3) is 0.538. The third kappa shape index (κ3) is 3.54. The van der Waals surface area contributed by atoms with Gasteiger partial charge in [-0.3, -0.25) is 0 Å². The lowest BCUT2D eigenvalue weighted by Crippen LogP contribution is -2.30. The van der Waals surface area contributed by atoms with Crippen LogP contribution in [0.4, 0.5) is 0 Å². The second kappa shape index (κ2) is 6.17. The number of hydrogen-bond acceptors (Lipinski definition) is 4. The lowest BCUT2D eigenvalue weighted by atomic mass is 9.96. The maximum atomic E-state index is 10.0. The van der Waals surface area contributed by atoms with E-state index in [-0.39, 0.29) is 12.4 Å². The number of phenols is 1. The van der Waals surface area contributed by atoms with Gasteiger partial charge in [0.25, 0.3) is 0 Å². The molecule has 0 amide bonds. The molecule has 0 bridgehead atoms. The summed E-state index contributed by atoms with van der Waals surface area (Å²) in [6, 6.07) is 6.84. The van der Waals surface area contributed by atoms with E-state index in [2.05, 4.69) is 0 Å². The van der Waals surface area contributed by atoms with E-state index in [0.29, 0.717) is 11.7 Å². The van der Waals surface area contributed by atoms with Gasteiger partial charge >= 0.3 is 0 Å². The molecular formula is C13H18O3S. The first kappa shape index (κ1) is 12.6. The molecule has 1 atom stereocenters. The van der Waals surface area contributed by atoms with Crippen LogP contribution in [0, 0.1) is 5.92 Å². The van der Waals surface area contributed by atoms with Crippen LogP contribution in [0.3, 0.4) is 0 Å². The van der Waals surface area contributed by atoms with Gasteiger partial charge in [0, 0.05) is 0 Å². The lowest BCUT2D eigenvalue weighted by molar-refractivity contribution is 0.0525. The number of thioether (sulfide) groups is 1. The van der Waals surface area contributed by atoms with Crippen LogP contribution in [0.2, 0.25) is 0 Å². The van der Waals surface area contributed by atoms with E-state index < -0.39 is 6.10 Å². The van der Waals surface area contributed by atoms with Gasteiger partial charge in [0.1, 0.15) is 6.61 Å². The minimum Gasteiger partial charge on any atom is -0.504 e. The summed E-state index contributed by atoms with van der Waals surface area (Å²) in [5.41, 5.74) is 0. The summed E-state index contributed by atoms with van der Waals surface area (Å²) in [6.45, 7) is 0.257. The SMILES string of the molecule is Oc1ccccc1OCC(O)C1CCSCC1. The molecule has 2 N–H and O–H groups in total. The Labute approximate surface area is 106 Å². The predicted molar refractivity (Wildman–Crippen MR) is 69.7 cm³/mol. The molecule has 3 nitrogen and oxygen atoms in total. The van der Waals surface area contributed by atoms with E-state index >= 15 is 0 Å². The van der Waals surface area contributed by atoms with Crippen LogP contribution in [0.15, 0.2) is 24.3 Å². The van der Waals surface area contributed by atoms with Gasteiger partial charge in [-0.25, -0.2) is 0 Å². The number of ether oxygens (including phenoxy) is 1. The van der Waals surface area contributed by atoms with Gasteiger partial charge in [-0.1, -0.05) is 12.1 Å². The molecule has 1 aromatic rings. The number of benzene rings is 1. The van der Waals surface area contributed by atoms with Gasteiger partial charge in [-0.05, 0) is 42.4 Å². The molecule has 1 aliphatic heterocycles. The van der Waals surface area contributed by atoms with Gasteiger partial charge in [0.15, 0.2) is 11.5 Å². The molecule has 0 aliphatic carbocycles. The summed E-state index contributed by atoms with van der Waals surface area (Å²) in [6.07, 6.45) is 1.67. The second-order valence-corrected chi connectivity index (χ2v) is 5.52. The Morgan fingerprint density at radius 1 is 1.29 bits per heavy atom. The summed E-state index contributed by atoms with van der Waals surface area (Å²) in [4.78, 5) is 0. The first-order valence-electron chi connectivity index (χ1n) is 5.94. The maximum absolute atomic E-state index is 10.0. The minimum absolute atomic E-state index is 0.124. The number of aromatic hydroxyl groups is 1. The average Bonchev–Trinajstić information content (AvgIpc) is 2.38. The van der Waals surface area contributed by atoms with E-state index in [9.17, 15) is 10.2 Å². The van der Waals surface area contributed by atoms with Crippen LogP contribution in [0.25, 0.3) is 0 Å². The van der Waals surface area contributed by atoms with Crippen molar-refractivity contribution >= 4 is 11.8 Å². The first-order valence-corrected chi connectivity index (χ1v) is 7.09. The zero-order valence-corrected chi connectivity index (χ0v) is 10.5. The van der Waals surface area contributed by atoms with Crippen LogP contribution in [-0.2, 0) is 0 Å². The first-order chi connectivity index (χ1) is 8.27. The van der Waals surface area contributed by atoms with Crippen molar-refractivity contribution in [3.05, 3.63) is 24.3 Å². The van der Waals surface area contributed by atoms with Crippen LogP contribution in [-0.4, -0.2) is 34.4 Å². The molecule has 1 aliphatic rings. The quantitative estimate of drug-likeness (QED) is 0.865. The highest BCUT2D eigenvalue weighted by atomic mass is 32.2. The smallest absolute Gasteiger partial charge is 0.161 e. The lowest BCUT2D eigenvalue weighted by Gasteiger charge is -2.26. The third-order valence-electron chi connectivity index (χ3n) is 3.08. The minimum atomic E-state index is -0.435. The Hall–Kier alpha value is -0.870. The van der Waals surface area contributed by atoms with Gasteiger partial charge in [-0.2, -0.15) is 11.8 Å². The summed E-state index contributed by atoms with van der Waals surface area (Å²) in [5, 5.41) is 19.5. The van der Waals surface area contributed by atoms with Crippen LogP contribution >= 0.6 is 11.8 Å². The van der Waals surface area contributed by atoms with E-state index in [0.717, 1.165) is 24.3 Å². The molecule has 94 valence electrons. The standard InChI is InChI=1S/C13H18O3S/c14-11-3-1-2-4-13(11)16-9-12(15)10-5-7-17-8-6-10/h1-4,10,12,14-15H,5-9H2. The molecule has 4 heteroatoms. The molecule has 0 spiro atoms. The fourth-order valence-electron chi connectivity index (χ4n) is 1.99. The van der Waals surface area contributed by atoms with Gasteiger partial charge in [-0.15, -0.1) is 0 Å². The summed E-state index contributed by atoms with van der Waals surface area (Å²) < 4.78 is 5.44. The van der Waals surface area contributed by atoms with Crippen molar-refractivity contribution in [1.82, 2.24) is 0 Å². The summed E-state index contributed by atoms with van der Waals surface area (Å²) >= 11 is 1.94. The molecule has 1 aromatic carbocycles. The topological polar surface area (TPSA) is 49.7 Å². The maximum Gasteiger partial charge on any atom is 0.161 e. The van der Waals surface area contributed by atoms with Crippen molar-refractivity contribution in [2.75, 3.05) is 18.1 Å². The molecule has 1 saturated heterocycles. The van der Waals surface area contributed by atoms with Crippen LogP contribution < -0.4 is 4.74 Å². The Bertz CT molecular complexity index is 350. The van der Waals surface area contributed by atoms with Gasteiger partial charge < -0.3 is 14.9 Å². The van der Waals surface area contributed by atoms with Crippen molar-refractivity contribution < 1.29 is 14.9 Å². The monoisotopic (exact) mass is 254 g/mol. The Morgan fingerprint density at radius 2 is 2.00 bits per heavy atom. The largest absolute Gasteiger partial charge is 0.504 e. The Kier molecular flexibility index (Phi) is 4.57. The van der Waals surface area contributed by atoms with Crippen molar-refractivity contribution in [3.8, 4) is 11.5 Å². The number of phenolic OH excluding ortho intramolecular Hbond substituents is 1. The summed E-state index contributed by atoms with van der Waals surface area (Å²) in [7, 11) is 0. The van der Waals surface area contributed by atoms with Crippen molar-refractivity contribution in [2.45, 2.75) is 18.9 Å². The number of hydrogen-bond donors (Lipinski definition) is 2. The molecule has 0 radical (unpaired) electrons. The van der Waals surface area contributed by atoms with Crippen LogP contribution in [0.1, 0.15) is 12.8 Å². The highest BCUT2D eigenvalue weighted by molar-refractivity contribution is 7.99. The molecule has 2 rings (SSSR count). The molecule has 0 aromatic heterocycles. The van der Waals surface area contributed by atoms with E-state index in [1.165, 1.54) is 0 Å².